The van der Waals surface area contributed by atoms with Crippen LogP contribution < -0.4 is 19.1 Å². The highest BCUT2D eigenvalue weighted by molar-refractivity contribution is 5.75. The van der Waals surface area contributed by atoms with E-state index in [2.05, 4.69) is 31.4 Å². The first-order valence-electron chi connectivity index (χ1n) is 14.4. The largest absolute Gasteiger partial charge is 0.494 e. The maximum absolute atomic E-state index is 10.9. The molecule has 3 aromatic rings. The molecule has 0 saturated heterocycles. The molecule has 0 aromatic heterocycles. The predicted octanol–water partition coefficient (Wildman–Crippen LogP) is 7.18. The Morgan fingerprint density at radius 3 is 2.09 bits per heavy atom. The Hall–Kier alpha value is -4.62. The molecule has 0 saturated carbocycles. The van der Waals surface area contributed by atoms with E-state index < -0.39 is 4.92 Å². The summed E-state index contributed by atoms with van der Waals surface area (Å²) in [4.78, 5) is 12.9. The van der Waals surface area contributed by atoms with Gasteiger partial charge in [-0.1, -0.05) is 0 Å². The highest BCUT2D eigenvalue weighted by atomic mass is 16.6. The smallest absolute Gasteiger partial charge is 0.269 e. The van der Waals surface area contributed by atoms with Crippen LogP contribution in [0.2, 0.25) is 0 Å². The molecule has 2 aliphatic heterocycles. The normalized spacial score (nSPS) is 15.0. The molecule has 2 heterocycles. The zero-order valence-electron chi connectivity index (χ0n) is 25.3. The van der Waals surface area contributed by atoms with Crippen LogP contribution in [0.1, 0.15) is 24.0 Å². The molecular weight excluding hydrogens is 568 g/mol. The molecule has 0 N–H and O–H groups in total. The van der Waals surface area contributed by atoms with E-state index in [0.29, 0.717) is 53.2 Å². The van der Waals surface area contributed by atoms with Gasteiger partial charge in [-0.15, -0.1) is 15.3 Å². The number of azo groups is 2. The summed E-state index contributed by atoms with van der Waals surface area (Å²) in [6, 6.07) is 11.2. The number of aryl methyl sites for hydroxylation is 1. The number of methoxy groups -OCH3 is 4. The first kappa shape index (κ1) is 30.8. The van der Waals surface area contributed by atoms with Crippen molar-refractivity contribution in [2.45, 2.75) is 31.8 Å². The van der Waals surface area contributed by atoms with Crippen molar-refractivity contribution in [1.29, 1.82) is 0 Å². The lowest BCUT2D eigenvalue weighted by atomic mass is 9.90. The quantitative estimate of drug-likeness (QED) is 0.113. The molecular formula is C31H36N6O7. The molecule has 0 spiro atoms. The van der Waals surface area contributed by atoms with Crippen LogP contribution in [0, 0.1) is 10.1 Å². The van der Waals surface area contributed by atoms with Gasteiger partial charge in [-0.3, -0.25) is 10.1 Å². The van der Waals surface area contributed by atoms with E-state index in [4.69, 9.17) is 23.7 Å². The minimum absolute atomic E-state index is 0.0273. The third kappa shape index (κ3) is 6.79. The number of nitro benzene ring substituents is 1. The van der Waals surface area contributed by atoms with E-state index in [1.807, 2.05) is 0 Å². The van der Waals surface area contributed by atoms with Gasteiger partial charge < -0.3 is 28.6 Å². The van der Waals surface area contributed by atoms with Gasteiger partial charge in [0.05, 0.1) is 31.4 Å². The number of benzene rings is 3. The Morgan fingerprint density at radius 2 is 1.48 bits per heavy atom. The molecule has 2 aliphatic rings. The van der Waals surface area contributed by atoms with Crippen molar-refractivity contribution in [2.24, 2.45) is 20.5 Å². The number of anilines is 1. The van der Waals surface area contributed by atoms with E-state index in [9.17, 15) is 10.1 Å². The Morgan fingerprint density at radius 1 is 0.841 bits per heavy atom. The van der Waals surface area contributed by atoms with Crippen LogP contribution in [0.4, 0.5) is 34.1 Å². The van der Waals surface area contributed by atoms with Gasteiger partial charge in [0.15, 0.2) is 5.75 Å². The molecule has 1 unspecified atom stereocenters. The zero-order valence-corrected chi connectivity index (χ0v) is 25.3. The molecule has 0 radical (unpaired) electrons. The maximum Gasteiger partial charge on any atom is 0.269 e. The van der Waals surface area contributed by atoms with Crippen LogP contribution in [0.3, 0.4) is 0 Å². The Bertz CT molecular complexity index is 1540. The predicted molar refractivity (Wildman–Crippen MR) is 164 cm³/mol. The molecule has 13 nitrogen and oxygen atoms in total. The van der Waals surface area contributed by atoms with Crippen molar-refractivity contribution in [3.05, 3.63) is 63.7 Å². The highest BCUT2D eigenvalue weighted by Gasteiger charge is 2.29. The third-order valence-electron chi connectivity index (χ3n) is 7.63. The van der Waals surface area contributed by atoms with Crippen molar-refractivity contribution in [3.8, 4) is 17.2 Å². The lowest BCUT2D eigenvalue weighted by Gasteiger charge is -2.38. The van der Waals surface area contributed by atoms with Crippen LogP contribution in [0.15, 0.2) is 62.9 Å². The number of rotatable bonds is 13. The topological polar surface area (TPSA) is 142 Å². The number of hydrogen-bond donors (Lipinski definition) is 0. The molecule has 0 bridgehead atoms. The molecule has 44 heavy (non-hydrogen) atoms. The number of hydrogen-bond acceptors (Lipinski definition) is 12. The fourth-order valence-corrected chi connectivity index (χ4v) is 5.48. The van der Waals surface area contributed by atoms with E-state index in [1.54, 1.807) is 26.4 Å². The van der Waals surface area contributed by atoms with Crippen molar-refractivity contribution in [3.63, 3.8) is 0 Å². The SMILES string of the molecule is COCC(COc1c(N=Nc2cc(OC)c(N=Nc3ccc([N+](=O)[O-])cc3)cc2OC)cc2c3c1CCCN3CCC2)OC. The summed E-state index contributed by atoms with van der Waals surface area (Å²) in [6.45, 7) is 2.79. The second kappa shape index (κ2) is 14.2. The van der Waals surface area contributed by atoms with Gasteiger partial charge in [-0.2, -0.15) is 5.11 Å². The zero-order chi connectivity index (χ0) is 31.1. The molecule has 0 amide bonds. The van der Waals surface area contributed by atoms with Crippen LogP contribution in [-0.2, 0) is 22.3 Å². The summed E-state index contributed by atoms with van der Waals surface area (Å²) in [6.07, 6.45) is 3.76. The molecule has 0 fully saturated rings. The lowest BCUT2D eigenvalue weighted by Crippen LogP contribution is -2.35. The summed E-state index contributed by atoms with van der Waals surface area (Å²) in [5.74, 6) is 1.52. The van der Waals surface area contributed by atoms with Crippen molar-refractivity contribution in [1.82, 2.24) is 0 Å². The second-order valence-corrected chi connectivity index (χ2v) is 10.4. The van der Waals surface area contributed by atoms with Gasteiger partial charge in [-0.05, 0) is 49.4 Å². The van der Waals surface area contributed by atoms with Gasteiger partial charge in [0.2, 0.25) is 0 Å². The van der Waals surface area contributed by atoms with Crippen molar-refractivity contribution >= 4 is 34.1 Å². The van der Waals surface area contributed by atoms with Gasteiger partial charge in [0, 0.05) is 62.8 Å². The molecule has 1 atom stereocenters. The molecule has 3 aromatic carbocycles. The monoisotopic (exact) mass is 604 g/mol. The number of nitrogens with zero attached hydrogens (tertiary/aromatic N) is 6. The van der Waals surface area contributed by atoms with Gasteiger partial charge in [-0.25, -0.2) is 0 Å². The van der Waals surface area contributed by atoms with E-state index >= 15 is 0 Å². The Kier molecular flexibility index (Phi) is 9.97. The van der Waals surface area contributed by atoms with E-state index in [1.165, 1.54) is 49.7 Å². The molecule has 13 heteroatoms. The summed E-state index contributed by atoms with van der Waals surface area (Å²) in [5.41, 5.74) is 5.56. The summed E-state index contributed by atoms with van der Waals surface area (Å²) in [7, 11) is 6.33. The average Bonchev–Trinajstić information content (AvgIpc) is 3.05. The maximum atomic E-state index is 10.9. The number of ether oxygens (including phenoxy) is 5. The van der Waals surface area contributed by atoms with Crippen LogP contribution in [-0.4, -0.2) is 65.8 Å². The lowest BCUT2D eigenvalue weighted by molar-refractivity contribution is -0.384. The summed E-state index contributed by atoms with van der Waals surface area (Å²) < 4.78 is 28.4. The second-order valence-electron chi connectivity index (χ2n) is 10.4. The van der Waals surface area contributed by atoms with Crippen LogP contribution >= 0.6 is 0 Å². The van der Waals surface area contributed by atoms with Gasteiger partial charge >= 0.3 is 0 Å². The summed E-state index contributed by atoms with van der Waals surface area (Å²) in [5, 5.41) is 28.7. The van der Waals surface area contributed by atoms with Crippen LogP contribution in [0.5, 0.6) is 17.2 Å². The fourth-order valence-electron chi connectivity index (χ4n) is 5.48. The van der Waals surface area contributed by atoms with Gasteiger partial charge in [0.25, 0.3) is 5.69 Å². The Labute approximate surface area is 255 Å². The first-order chi connectivity index (χ1) is 21.4. The minimum Gasteiger partial charge on any atom is -0.494 e. The number of nitro groups is 1. The van der Waals surface area contributed by atoms with Crippen molar-refractivity contribution < 1.29 is 28.6 Å². The van der Waals surface area contributed by atoms with Gasteiger partial charge in [0.1, 0.15) is 41.3 Å². The number of non-ortho nitro benzene ring substituents is 1. The molecule has 0 aliphatic carbocycles. The first-order valence-corrected chi connectivity index (χ1v) is 14.4. The Balaban J connectivity index is 1.48. The van der Waals surface area contributed by atoms with Crippen molar-refractivity contribution in [2.75, 3.05) is 59.6 Å². The van der Waals surface area contributed by atoms with E-state index in [0.717, 1.165) is 44.3 Å². The minimum atomic E-state index is -0.469. The van der Waals surface area contributed by atoms with Crippen LogP contribution in [0.25, 0.3) is 0 Å². The summed E-state index contributed by atoms with van der Waals surface area (Å²) >= 11 is 0. The molecule has 232 valence electrons. The third-order valence-corrected chi connectivity index (χ3v) is 7.63. The average molecular weight is 605 g/mol. The highest BCUT2D eigenvalue weighted by Crippen LogP contribution is 2.47. The standard InChI is InChI=1S/C31H36N6O7/c1-40-18-23(41-2)19-44-31-24-8-6-14-36-13-5-7-20(30(24)36)15-27(31)35-34-26-17-28(42-3)25(16-29(26)43-4)33-32-21-9-11-22(12-10-21)37(38)39/h9-12,15-17,23H,5-8,13-14,18-19H2,1-4H3. The van der Waals surface area contributed by atoms with E-state index in [-0.39, 0.29) is 11.8 Å². The fraction of sp³-hybridized carbons (Fsp3) is 0.419. The molecule has 5 rings (SSSR count).